The Morgan fingerprint density at radius 2 is 2.13 bits per heavy atom. The van der Waals surface area contributed by atoms with E-state index < -0.39 is 11.9 Å². The van der Waals surface area contributed by atoms with Crippen LogP contribution in [0.25, 0.3) is 0 Å². The minimum atomic E-state index is -0.653. The maximum atomic E-state index is 14.3. The van der Waals surface area contributed by atoms with E-state index in [-0.39, 0.29) is 16.7 Å². The third-order valence-electron chi connectivity index (χ3n) is 4.10. The first-order chi connectivity index (χ1) is 11.1. The summed E-state index contributed by atoms with van der Waals surface area (Å²) < 4.78 is 14.3. The van der Waals surface area contributed by atoms with E-state index in [4.69, 9.17) is 11.6 Å². The Kier molecular flexibility index (Phi) is 3.22. The van der Waals surface area contributed by atoms with Gasteiger partial charge in [0, 0.05) is 5.28 Å². The smallest absolute Gasteiger partial charge is 0.269 e. The number of nitrogens with zero attached hydrogens (tertiary/aromatic N) is 4. The third-order valence-corrected chi connectivity index (χ3v) is 4.33. The summed E-state index contributed by atoms with van der Waals surface area (Å²) in [6, 6.07) is 7.15. The molecule has 0 saturated carbocycles. The number of carbonyl (C=O) groups excluding carboxylic acids is 1. The molecule has 3 heterocycles. The molecule has 23 heavy (non-hydrogen) atoms. The number of para-hydroxylation sites is 1. The number of rotatable bonds is 1. The Morgan fingerprint density at radius 1 is 1.30 bits per heavy atom. The molecule has 4 rings (SSSR count). The Morgan fingerprint density at radius 3 is 2.87 bits per heavy atom. The van der Waals surface area contributed by atoms with Crippen LogP contribution in [0.2, 0.25) is 5.15 Å². The number of fused-ring (bicyclic) bond motifs is 3. The molecule has 0 bridgehead atoms. The van der Waals surface area contributed by atoms with Crippen molar-refractivity contribution >= 4 is 28.9 Å². The Bertz CT molecular complexity index is 786. The number of aryl methyl sites for hydroxylation is 1. The number of hydrogen-bond donors (Lipinski definition) is 1. The van der Waals surface area contributed by atoms with E-state index in [9.17, 15) is 14.4 Å². The Hall–Kier alpha value is -2.22. The van der Waals surface area contributed by atoms with Crippen LogP contribution in [0.3, 0.4) is 0 Å². The quantitative estimate of drug-likeness (QED) is 0.812. The lowest BCUT2D eigenvalue weighted by Crippen LogP contribution is -2.46. The summed E-state index contributed by atoms with van der Waals surface area (Å²) in [5, 5.41) is 13.8. The largest absolute Gasteiger partial charge is 0.276 e. The topological polar surface area (TPSA) is 59.9 Å². The number of hydrazine groups is 2. The molecule has 1 N–H and O–H groups in total. The van der Waals surface area contributed by atoms with Crippen molar-refractivity contribution in [2.75, 3.05) is 10.0 Å². The fourth-order valence-electron chi connectivity index (χ4n) is 3.08. The van der Waals surface area contributed by atoms with Crippen LogP contribution in [0.5, 0.6) is 0 Å². The molecule has 0 spiro atoms. The van der Waals surface area contributed by atoms with E-state index in [1.807, 2.05) is 0 Å². The summed E-state index contributed by atoms with van der Waals surface area (Å²) >= 11 is 5.75. The first kappa shape index (κ1) is 14.4. The van der Waals surface area contributed by atoms with Crippen LogP contribution in [0, 0.1) is 5.82 Å². The molecule has 1 amide bonds. The van der Waals surface area contributed by atoms with Gasteiger partial charge < -0.3 is 0 Å². The number of aromatic nitrogens is 1. The molecule has 2 aliphatic rings. The Balaban J connectivity index is 1.79. The summed E-state index contributed by atoms with van der Waals surface area (Å²) in [5.74, 6) is -0.819. The fourth-order valence-corrected chi connectivity index (χ4v) is 3.19. The number of hydrogen-bond acceptors (Lipinski definition) is 5. The van der Waals surface area contributed by atoms with E-state index in [2.05, 4.69) is 4.98 Å². The number of halogens is 2. The highest BCUT2D eigenvalue weighted by atomic mass is 35.5. The number of anilines is 2. The summed E-state index contributed by atoms with van der Waals surface area (Å²) in [4.78, 5) is 16.6. The minimum Gasteiger partial charge on any atom is -0.276 e. The second-order valence-electron chi connectivity index (χ2n) is 5.40. The molecule has 118 valence electrons. The molecule has 2 aliphatic heterocycles. The monoisotopic (exact) mass is 334 g/mol. The molecule has 1 aromatic carbocycles. The van der Waals surface area contributed by atoms with E-state index in [0.29, 0.717) is 23.8 Å². The summed E-state index contributed by atoms with van der Waals surface area (Å²) in [7, 11) is 0. The van der Waals surface area contributed by atoms with Crippen molar-refractivity contribution in [3.05, 3.63) is 53.1 Å². The van der Waals surface area contributed by atoms with E-state index in [1.165, 1.54) is 23.3 Å². The molecule has 1 saturated heterocycles. The first-order valence-corrected chi connectivity index (χ1v) is 7.46. The van der Waals surface area contributed by atoms with E-state index >= 15 is 0 Å². The van der Waals surface area contributed by atoms with Crippen molar-refractivity contribution in [1.82, 2.24) is 10.3 Å². The predicted molar refractivity (Wildman–Crippen MR) is 81.3 cm³/mol. The molecule has 1 fully saturated rings. The summed E-state index contributed by atoms with van der Waals surface area (Å²) in [6.45, 7) is 0. The highest BCUT2D eigenvalue weighted by Crippen LogP contribution is 2.39. The number of benzene rings is 1. The summed E-state index contributed by atoms with van der Waals surface area (Å²) in [6.07, 6.45) is 2.44. The molecule has 1 aromatic heterocycles. The van der Waals surface area contributed by atoms with Gasteiger partial charge >= 0.3 is 0 Å². The van der Waals surface area contributed by atoms with Gasteiger partial charge in [0.15, 0.2) is 0 Å². The first-order valence-electron chi connectivity index (χ1n) is 7.09. The van der Waals surface area contributed by atoms with Crippen LogP contribution in [0.15, 0.2) is 36.5 Å². The van der Waals surface area contributed by atoms with Gasteiger partial charge in [0.25, 0.3) is 5.91 Å². The third kappa shape index (κ3) is 2.08. The van der Waals surface area contributed by atoms with Gasteiger partial charge in [-0.2, -0.15) is 5.01 Å². The average molecular weight is 335 g/mol. The normalized spacial score (nSPS) is 20.7. The highest BCUT2D eigenvalue weighted by molar-refractivity contribution is 6.29. The lowest BCUT2D eigenvalue weighted by atomic mass is 9.97. The molecule has 8 heteroatoms. The molecule has 0 aliphatic carbocycles. The van der Waals surface area contributed by atoms with Crippen LogP contribution in [0.1, 0.15) is 12.0 Å². The van der Waals surface area contributed by atoms with Crippen LogP contribution < -0.4 is 10.0 Å². The average Bonchev–Trinajstić information content (AvgIpc) is 2.80. The zero-order valence-electron chi connectivity index (χ0n) is 11.9. The molecule has 1 unspecified atom stereocenters. The maximum Gasteiger partial charge on any atom is 0.269 e. The molecular weight excluding hydrogens is 323 g/mol. The minimum absolute atomic E-state index is 0.226. The van der Waals surface area contributed by atoms with Crippen molar-refractivity contribution in [2.24, 2.45) is 0 Å². The van der Waals surface area contributed by atoms with Crippen molar-refractivity contribution < 1.29 is 14.4 Å². The zero-order valence-corrected chi connectivity index (χ0v) is 12.6. The molecule has 0 radical (unpaired) electrons. The highest BCUT2D eigenvalue weighted by Gasteiger charge is 2.49. The van der Waals surface area contributed by atoms with E-state index in [1.54, 1.807) is 18.2 Å². The second-order valence-corrected chi connectivity index (χ2v) is 5.79. The van der Waals surface area contributed by atoms with Crippen LogP contribution >= 0.6 is 11.6 Å². The molecule has 2 aromatic rings. The van der Waals surface area contributed by atoms with Crippen LogP contribution in [-0.4, -0.2) is 27.4 Å². The maximum absolute atomic E-state index is 14.3. The van der Waals surface area contributed by atoms with E-state index in [0.717, 1.165) is 10.6 Å². The van der Waals surface area contributed by atoms with Crippen molar-refractivity contribution in [1.29, 1.82) is 0 Å². The zero-order chi connectivity index (χ0) is 16.1. The van der Waals surface area contributed by atoms with Crippen molar-refractivity contribution in [3.8, 4) is 0 Å². The van der Waals surface area contributed by atoms with Gasteiger partial charge in [0.1, 0.15) is 17.0 Å². The fraction of sp³-hybridized carbons (Fsp3) is 0.200. The standard InChI is InChI=1S/C15H12ClFN4O2/c16-13-7-5-10(8-18-13)19-15(22)12-6-4-9-2-1-3-11(17)14(9)20(12)21(19)23/h1-3,5,7-8,12,23H,4,6H2. The number of carbonyl (C=O) groups is 1. The predicted octanol–water partition coefficient (Wildman–Crippen LogP) is 2.56. The molecule has 1 atom stereocenters. The van der Waals surface area contributed by atoms with Crippen molar-refractivity contribution in [3.63, 3.8) is 0 Å². The second kappa shape index (κ2) is 5.16. The van der Waals surface area contributed by atoms with Gasteiger partial charge in [0.2, 0.25) is 0 Å². The van der Waals surface area contributed by atoms with Gasteiger partial charge in [-0.15, -0.1) is 0 Å². The van der Waals surface area contributed by atoms with Crippen LogP contribution in [0.4, 0.5) is 15.8 Å². The SMILES string of the molecule is O=C1C2CCc3cccc(F)c3N2N(O)N1c1ccc(Cl)nc1. The Labute approximate surface area is 136 Å². The number of amides is 1. The van der Waals surface area contributed by atoms with Gasteiger partial charge in [-0.25, -0.2) is 14.4 Å². The van der Waals surface area contributed by atoms with Crippen molar-refractivity contribution in [2.45, 2.75) is 18.9 Å². The van der Waals surface area contributed by atoms with Crippen LogP contribution in [-0.2, 0) is 11.2 Å². The van der Waals surface area contributed by atoms with Gasteiger partial charge in [-0.05, 0) is 36.6 Å². The molecule has 6 nitrogen and oxygen atoms in total. The van der Waals surface area contributed by atoms with Gasteiger partial charge in [-0.3, -0.25) is 10.0 Å². The molecular formula is C15H12ClFN4O2. The number of pyridine rings is 1. The lowest BCUT2D eigenvalue weighted by Gasteiger charge is -2.34. The summed E-state index contributed by atoms with van der Waals surface area (Å²) in [5.41, 5.74) is 1.34. The van der Waals surface area contributed by atoms with Gasteiger partial charge in [0.05, 0.1) is 17.6 Å². The lowest BCUT2D eigenvalue weighted by molar-refractivity contribution is -0.127. The van der Waals surface area contributed by atoms with Gasteiger partial charge in [-0.1, -0.05) is 23.7 Å².